The third-order valence-corrected chi connectivity index (χ3v) is 8.81. The van der Waals surface area contributed by atoms with Gasteiger partial charge in [0, 0.05) is 26.2 Å². The highest BCUT2D eigenvalue weighted by molar-refractivity contribution is 4.92. The van der Waals surface area contributed by atoms with Crippen LogP contribution >= 0.6 is 0 Å². The average Bonchev–Trinajstić information content (AvgIpc) is 3.00. The summed E-state index contributed by atoms with van der Waals surface area (Å²) < 4.78 is 0. The quantitative estimate of drug-likeness (QED) is 0.0436. The second kappa shape index (κ2) is 37.5. The van der Waals surface area contributed by atoms with Crippen LogP contribution in [0.1, 0.15) is 194 Å². The SMILES string of the molecule is CCCCC/C=C\C/C=C\CCCCCCCCN(CCN(C)C)NCCCCCCCCCCCCCCCCCC. The van der Waals surface area contributed by atoms with Crippen LogP contribution in [0.25, 0.3) is 0 Å². The van der Waals surface area contributed by atoms with Gasteiger partial charge in [0.1, 0.15) is 0 Å². The molecule has 0 amide bonds. The molecule has 3 nitrogen and oxygen atoms in total. The fraction of sp³-hybridized carbons (Fsp3) is 0.900. The van der Waals surface area contributed by atoms with Crippen molar-refractivity contribution < 1.29 is 0 Å². The number of nitrogens with zero attached hydrogens (tertiary/aromatic N) is 2. The Labute approximate surface area is 273 Å². The minimum atomic E-state index is 1.12. The Balaban J connectivity index is 3.61. The molecule has 0 rings (SSSR count). The van der Waals surface area contributed by atoms with E-state index in [0.717, 1.165) is 26.1 Å². The first kappa shape index (κ1) is 42.4. The molecule has 0 saturated heterocycles. The maximum absolute atomic E-state index is 3.77. The fourth-order valence-electron chi connectivity index (χ4n) is 5.79. The second-order valence-electron chi connectivity index (χ2n) is 13.6. The smallest absolute Gasteiger partial charge is 0.0258 e. The maximum atomic E-state index is 3.77. The average molecular weight is 604 g/mol. The first-order valence-electron chi connectivity index (χ1n) is 19.6. The number of likely N-dealkylation sites (N-methyl/N-ethyl adjacent to an activating group) is 1. The Morgan fingerprint density at radius 1 is 0.395 bits per heavy atom. The molecule has 0 fully saturated rings. The Kier molecular flexibility index (Phi) is 37.0. The molecule has 1 N–H and O–H groups in total. The van der Waals surface area contributed by atoms with Gasteiger partial charge in [-0.05, 0) is 59.0 Å². The van der Waals surface area contributed by atoms with E-state index in [-0.39, 0.29) is 0 Å². The van der Waals surface area contributed by atoms with Crippen LogP contribution in [0.5, 0.6) is 0 Å². The molecule has 0 aliphatic carbocycles. The van der Waals surface area contributed by atoms with E-state index in [1.165, 1.54) is 180 Å². The molecule has 0 radical (unpaired) electrons. The summed E-state index contributed by atoms with van der Waals surface area (Å²) in [5.41, 5.74) is 3.77. The van der Waals surface area contributed by atoms with E-state index in [9.17, 15) is 0 Å². The van der Waals surface area contributed by atoms with Crippen molar-refractivity contribution >= 4 is 0 Å². The Morgan fingerprint density at radius 3 is 1.28 bits per heavy atom. The summed E-state index contributed by atoms with van der Waals surface area (Å²) in [7, 11) is 4.38. The molecule has 0 heterocycles. The first-order valence-corrected chi connectivity index (χ1v) is 19.6. The van der Waals surface area contributed by atoms with Crippen molar-refractivity contribution in [2.45, 2.75) is 194 Å². The lowest BCUT2D eigenvalue weighted by Gasteiger charge is -2.25. The van der Waals surface area contributed by atoms with Crippen LogP contribution in [-0.4, -0.2) is 50.2 Å². The van der Waals surface area contributed by atoms with E-state index in [1.54, 1.807) is 0 Å². The summed E-state index contributed by atoms with van der Waals surface area (Å²) in [5.74, 6) is 0. The number of allylic oxidation sites excluding steroid dienone is 4. The van der Waals surface area contributed by atoms with E-state index >= 15 is 0 Å². The number of hydrazine groups is 1. The lowest BCUT2D eigenvalue weighted by molar-refractivity contribution is 0.165. The third-order valence-electron chi connectivity index (χ3n) is 8.81. The van der Waals surface area contributed by atoms with Gasteiger partial charge < -0.3 is 4.90 Å². The van der Waals surface area contributed by atoms with Gasteiger partial charge in [-0.1, -0.05) is 173 Å². The topological polar surface area (TPSA) is 18.5 Å². The van der Waals surface area contributed by atoms with Crippen LogP contribution < -0.4 is 5.43 Å². The molecule has 0 spiro atoms. The number of hydrogen-bond donors (Lipinski definition) is 1. The van der Waals surface area contributed by atoms with Gasteiger partial charge in [0.25, 0.3) is 0 Å². The van der Waals surface area contributed by atoms with Crippen LogP contribution in [-0.2, 0) is 0 Å². The highest BCUT2D eigenvalue weighted by Gasteiger charge is 2.05. The number of rotatable bonds is 36. The standard InChI is InChI=1S/C40H81N3/c1-5-7-9-11-13-15-17-19-21-23-25-27-29-31-33-35-37-41-43(40-39-42(3)4)38-36-34-32-30-28-26-24-22-20-18-16-14-12-10-8-6-2/h14,16,20,22,41H,5-13,15,17-19,21,23-40H2,1-4H3/b16-14-,22-20-. The molecule has 0 atom stereocenters. The number of nitrogens with one attached hydrogen (secondary N) is 1. The van der Waals surface area contributed by atoms with Crippen LogP contribution in [0.4, 0.5) is 0 Å². The van der Waals surface area contributed by atoms with Gasteiger partial charge in [-0.15, -0.1) is 0 Å². The van der Waals surface area contributed by atoms with Crippen molar-refractivity contribution in [2.75, 3.05) is 40.3 Å². The summed E-state index contributed by atoms with van der Waals surface area (Å²) >= 11 is 0. The molecular formula is C40H81N3. The van der Waals surface area contributed by atoms with Crippen LogP contribution in [0.15, 0.2) is 24.3 Å². The minimum Gasteiger partial charge on any atom is -0.308 e. The van der Waals surface area contributed by atoms with E-state index in [1.807, 2.05) is 0 Å². The molecular weight excluding hydrogens is 522 g/mol. The molecule has 0 aromatic heterocycles. The predicted octanol–water partition coefficient (Wildman–Crippen LogP) is 12.4. The largest absolute Gasteiger partial charge is 0.308 e. The zero-order valence-corrected chi connectivity index (χ0v) is 30.3. The summed E-state index contributed by atoms with van der Waals surface area (Å²) in [6.45, 7) is 9.18. The fourth-order valence-corrected chi connectivity index (χ4v) is 5.79. The molecule has 0 bridgehead atoms. The summed E-state index contributed by atoms with van der Waals surface area (Å²) in [4.78, 5) is 2.31. The van der Waals surface area contributed by atoms with E-state index < -0.39 is 0 Å². The molecule has 0 saturated carbocycles. The zero-order chi connectivity index (χ0) is 31.3. The predicted molar refractivity (Wildman–Crippen MR) is 197 cm³/mol. The van der Waals surface area contributed by atoms with Gasteiger partial charge in [-0.3, -0.25) is 5.43 Å². The first-order chi connectivity index (χ1) is 21.2. The van der Waals surface area contributed by atoms with Gasteiger partial charge in [-0.25, -0.2) is 5.01 Å². The monoisotopic (exact) mass is 604 g/mol. The lowest BCUT2D eigenvalue weighted by atomic mass is 10.0. The highest BCUT2D eigenvalue weighted by atomic mass is 15.5. The van der Waals surface area contributed by atoms with Gasteiger partial charge in [-0.2, -0.15) is 0 Å². The third kappa shape index (κ3) is 37.5. The number of unbranched alkanes of at least 4 members (excludes halogenated alkanes) is 24. The lowest BCUT2D eigenvalue weighted by Crippen LogP contribution is -2.43. The number of hydrogen-bond acceptors (Lipinski definition) is 3. The second-order valence-corrected chi connectivity index (χ2v) is 13.6. The Morgan fingerprint density at radius 2 is 0.791 bits per heavy atom. The normalized spacial score (nSPS) is 12.2. The molecule has 256 valence electrons. The Hall–Kier alpha value is -0.640. The molecule has 0 aromatic carbocycles. The van der Waals surface area contributed by atoms with Gasteiger partial charge in [0.05, 0.1) is 0 Å². The Bertz CT molecular complexity index is 556. The molecule has 3 heteroatoms. The molecule has 0 aliphatic heterocycles. The summed E-state index contributed by atoms with van der Waals surface area (Å²) in [5, 5.41) is 2.51. The molecule has 0 unspecified atom stereocenters. The van der Waals surface area contributed by atoms with E-state index in [0.29, 0.717) is 0 Å². The van der Waals surface area contributed by atoms with Gasteiger partial charge in [0.15, 0.2) is 0 Å². The minimum absolute atomic E-state index is 1.12. The summed E-state index contributed by atoms with van der Waals surface area (Å²) in [6, 6.07) is 0. The molecule has 0 aromatic rings. The van der Waals surface area contributed by atoms with Gasteiger partial charge >= 0.3 is 0 Å². The zero-order valence-electron chi connectivity index (χ0n) is 30.3. The van der Waals surface area contributed by atoms with E-state index in [4.69, 9.17) is 0 Å². The van der Waals surface area contributed by atoms with Crippen molar-refractivity contribution in [2.24, 2.45) is 0 Å². The molecule has 43 heavy (non-hydrogen) atoms. The maximum Gasteiger partial charge on any atom is 0.0258 e. The van der Waals surface area contributed by atoms with Crippen molar-refractivity contribution in [3.8, 4) is 0 Å². The van der Waals surface area contributed by atoms with E-state index in [2.05, 4.69) is 67.6 Å². The van der Waals surface area contributed by atoms with Crippen molar-refractivity contribution in [1.29, 1.82) is 0 Å². The van der Waals surface area contributed by atoms with Crippen LogP contribution in [0.3, 0.4) is 0 Å². The van der Waals surface area contributed by atoms with Crippen molar-refractivity contribution in [1.82, 2.24) is 15.3 Å². The van der Waals surface area contributed by atoms with Crippen LogP contribution in [0, 0.1) is 0 Å². The van der Waals surface area contributed by atoms with Crippen molar-refractivity contribution in [3.63, 3.8) is 0 Å². The molecule has 0 aliphatic rings. The van der Waals surface area contributed by atoms with Crippen LogP contribution in [0.2, 0.25) is 0 Å². The van der Waals surface area contributed by atoms with Gasteiger partial charge in [0.2, 0.25) is 0 Å². The van der Waals surface area contributed by atoms with Crippen molar-refractivity contribution in [3.05, 3.63) is 24.3 Å². The summed E-state index contributed by atoms with van der Waals surface area (Å²) in [6.07, 6.45) is 48.4. The highest BCUT2D eigenvalue weighted by Crippen LogP contribution is 2.14.